The molecule has 0 atom stereocenters. The first-order chi connectivity index (χ1) is 55.7. The van der Waals surface area contributed by atoms with Crippen molar-refractivity contribution in [1.82, 2.24) is 0 Å². The summed E-state index contributed by atoms with van der Waals surface area (Å²) in [6.45, 7) is 17.5. The van der Waals surface area contributed by atoms with E-state index in [1.54, 1.807) is 6.92 Å². The fourth-order valence-electron chi connectivity index (χ4n) is 7.45. The third kappa shape index (κ3) is 78.0. The van der Waals surface area contributed by atoms with Crippen LogP contribution in [-0.4, -0.2) is 312 Å². The molecule has 0 spiro atoms. The summed E-state index contributed by atoms with van der Waals surface area (Å²) in [5, 5.41) is 0. The summed E-state index contributed by atoms with van der Waals surface area (Å²) in [7, 11) is 0. The van der Waals surface area contributed by atoms with E-state index in [0.29, 0.717) is 161 Å². The maximum absolute atomic E-state index is 12.4. The summed E-state index contributed by atoms with van der Waals surface area (Å²) in [6, 6.07) is 0. The van der Waals surface area contributed by atoms with Crippen LogP contribution in [0.2, 0.25) is 0 Å². The first-order valence-electron chi connectivity index (χ1n) is 37.7. The molecule has 0 fully saturated rings. The monoisotopic (exact) mass is 1830 g/mol. The summed E-state index contributed by atoms with van der Waals surface area (Å²) in [6.07, 6.45) is 5.14. The van der Waals surface area contributed by atoms with Gasteiger partial charge in [-0.25, -0.2) is 9.59 Å². The van der Waals surface area contributed by atoms with E-state index in [1.165, 1.54) is 23.5 Å². The molecule has 0 aliphatic heterocycles. The number of thioether (sulfide) groups is 2. The minimum absolute atomic E-state index is 0.00157. The number of carbonyl (C=O) groups excluding carboxylic acids is 14. The van der Waals surface area contributed by atoms with Gasteiger partial charge in [-0.2, -0.15) is 112 Å². The molecule has 0 saturated carbocycles. The van der Waals surface area contributed by atoms with Crippen molar-refractivity contribution in [2.45, 2.75) is 125 Å². The van der Waals surface area contributed by atoms with Crippen molar-refractivity contribution in [2.75, 3.05) is 228 Å². The number of aldehydes is 1. The Kier molecular flexibility index (Phi) is 85.3. The van der Waals surface area contributed by atoms with Crippen LogP contribution in [-0.2, 0) is 157 Å². The Morgan fingerprint density at radius 2 is 0.483 bits per heavy atom. The molecule has 0 N–H and O–H groups in total. The van der Waals surface area contributed by atoms with Crippen molar-refractivity contribution in [3.63, 3.8) is 0 Å². The van der Waals surface area contributed by atoms with Crippen molar-refractivity contribution in [1.29, 1.82) is 0 Å². The van der Waals surface area contributed by atoms with Gasteiger partial charge in [0, 0.05) is 74.8 Å². The second-order valence-corrected chi connectivity index (χ2v) is 29.9. The van der Waals surface area contributed by atoms with E-state index in [-0.39, 0.29) is 192 Å². The van der Waals surface area contributed by atoms with Gasteiger partial charge in [-0.1, -0.05) is 34.3 Å². The lowest BCUT2D eigenvalue weighted by atomic mass is 9.88. The van der Waals surface area contributed by atoms with E-state index in [4.69, 9.17) is 85.3 Å². The minimum atomic E-state index is -0.911. The van der Waals surface area contributed by atoms with Gasteiger partial charge < -0.3 is 90.0 Å². The van der Waals surface area contributed by atoms with Gasteiger partial charge in [0.2, 0.25) is 6.29 Å². The molecular weight excluding hydrogens is 1710 g/mol. The Hall–Kier alpha value is -4.57. The number of hydrogen-bond donors (Lipinski definition) is 7. The molecule has 0 aromatic rings. The van der Waals surface area contributed by atoms with Crippen molar-refractivity contribution >= 4 is 196 Å². The van der Waals surface area contributed by atoms with Gasteiger partial charge in [0.05, 0.1) is 181 Å². The number of rotatable bonds is 72. The number of ether oxygens (including phenoxy) is 19. The number of hydrogen-bond acceptors (Lipinski definition) is 42. The van der Waals surface area contributed by atoms with Gasteiger partial charge >= 0.3 is 77.6 Å². The van der Waals surface area contributed by atoms with Gasteiger partial charge in [-0.05, 0) is 26.2 Å². The second kappa shape index (κ2) is 84.1. The molecule has 0 bridgehead atoms. The van der Waals surface area contributed by atoms with Crippen LogP contribution in [0, 0.1) is 16.2 Å². The van der Waals surface area contributed by atoms with Crippen molar-refractivity contribution in [3.8, 4) is 0 Å². The quantitative estimate of drug-likeness (QED) is 0.00613. The van der Waals surface area contributed by atoms with Crippen LogP contribution in [0.3, 0.4) is 0 Å². The Morgan fingerprint density at radius 1 is 0.276 bits per heavy atom. The Bertz CT molecular complexity index is 2520. The predicted octanol–water partition coefficient (Wildman–Crippen LogP) is 6.99. The van der Waals surface area contributed by atoms with Gasteiger partial charge in [0.1, 0.15) is 66.1 Å². The van der Waals surface area contributed by atoms with Gasteiger partial charge in [-0.3, -0.25) is 57.5 Å². The summed E-state index contributed by atoms with van der Waals surface area (Å²) in [5.74, 6) is -0.580. The molecule has 0 unspecified atom stereocenters. The van der Waals surface area contributed by atoms with E-state index in [9.17, 15) is 67.1 Å². The van der Waals surface area contributed by atoms with Crippen LogP contribution < -0.4 is 0 Å². The van der Waals surface area contributed by atoms with E-state index in [0.717, 1.165) is 12.5 Å². The largest absolute Gasteiger partial charge is 0.466 e. The van der Waals surface area contributed by atoms with Crippen molar-refractivity contribution < 1.29 is 157 Å². The van der Waals surface area contributed by atoms with Gasteiger partial charge in [-0.15, -0.1) is 0 Å². The molecule has 0 aromatic heterocycles. The number of thiol groups is 7. The van der Waals surface area contributed by atoms with E-state index in [2.05, 4.69) is 99.7 Å². The van der Waals surface area contributed by atoms with Crippen LogP contribution in [0.15, 0.2) is 12.7 Å². The summed E-state index contributed by atoms with van der Waals surface area (Å²) in [4.78, 5) is 159. The lowest BCUT2D eigenvalue weighted by Gasteiger charge is -2.31. The van der Waals surface area contributed by atoms with Gasteiger partial charge in [0.15, 0.2) is 0 Å². The van der Waals surface area contributed by atoms with Crippen LogP contribution >= 0.6 is 112 Å². The van der Waals surface area contributed by atoms with Crippen LogP contribution in [0.5, 0.6) is 0 Å². The molecule has 0 rings (SSSR count). The van der Waals surface area contributed by atoms with Crippen molar-refractivity contribution in [2.24, 2.45) is 16.2 Å². The molecule has 0 aromatic carbocycles. The van der Waals surface area contributed by atoms with E-state index in [1.807, 2.05) is 27.7 Å². The zero-order valence-corrected chi connectivity index (χ0v) is 75.5. The van der Waals surface area contributed by atoms with Crippen LogP contribution in [0.1, 0.15) is 125 Å². The molecule has 0 saturated heterocycles. The summed E-state index contributed by atoms with van der Waals surface area (Å²) in [5.41, 5.74) is -1.99. The molecule has 33 nitrogen and oxygen atoms in total. The fourth-order valence-corrected chi connectivity index (χ4v) is 10.4. The molecule has 42 heteroatoms. The molecule has 0 amide bonds. The lowest BCUT2D eigenvalue weighted by molar-refractivity contribution is -0.164. The van der Waals surface area contributed by atoms with E-state index >= 15 is 0 Å². The average molecular weight is 1830 g/mol. The van der Waals surface area contributed by atoms with E-state index < -0.39 is 58.6 Å². The van der Waals surface area contributed by atoms with Crippen molar-refractivity contribution in [3.05, 3.63) is 12.7 Å². The summed E-state index contributed by atoms with van der Waals surface area (Å²) < 4.78 is 97.9. The molecule has 674 valence electrons. The standard InChI is InChI=1S/C34H58O15S4.C15H26O6S3.C13H20O8.C12H22O4S2/c1-3-34(25-47-28(35)5-19-50,26-48-29(36)6-20-51)27-49-33(40)10-24-53-23-9-32(39)46-18-16-43-14-12-41-11-13-42-15-17-45-31(38)8-22-52-21-7-30(37)44-4-2;1-2-15(9-19-12(16)3-6-22,10-20-13(17)4-7-23)11-21-14(18)5-8-24;1-2-12(15)20-9-7-18-5-3-17-4-6-19-8-10-21-13(16)11-14;1-3-12(2,8-15-10(13)4-6-17)9-16-11(14)5-7-18/h50-51H,3-27H2,1-2H3;22-24H,2-11H2,1H3;2,11H,1,3-10H2;17-18H,3-9H2,1-2H3. The van der Waals surface area contributed by atoms with Crippen LogP contribution in [0.25, 0.3) is 0 Å². The maximum atomic E-state index is 12.4. The first-order valence-corrected chi connectivity index (χ1v) is 44.5. The SMILES string of the molecule is C=CC(=O)OCCOCCOCCOCCOC(=O)C=O.CCC(C)(COC(=O)CCS)COC(=O)CCS.CCC(COC(=O)CCS)(COC(=O)CCS)COC(=O)CCS.CCOC(=O)CCSCCC(=O)OCCOCCOCCOCCOC(=O)CCSCCC(=O)OCC(CC)(COC(=O)CCS)COC(=O)CCS. The maximum Gasteiger partial charge on any atom is 0.371 e. The highest BCUT2D eigenvalue weighted by Gasteiger charge is 2.36. The highest BCUT2D eigenvalue weighted by molar-refractivity contribution is 7.99. The fraction of sp³-hybridized carbons (Fsp3) is 0.784. The molecule has 0 heterocycles. The molecule has 116 heavy (non-hydrogen) atoms. The molecular formula is C74H126O33S9. The third-order valence-corrected chi connectivity index (χ3v) is 18.3. The average Bonchev–Trinajstić information content (AvgIpc) is 0.872. The zero-order chi connectivity index (χ0) is 87.6. The smallest absolute Gasteiger partial charge is 0.371 e. The zero-order valence-electron chi connectivity index (χ0n) is 67.6. The Labute approximate surface area is 729 Å². The normalized spacial score (nSPS) is 10.9. The predicted molar refractivity (Wildman–Crippen MR) is 456 cm³/mol. The summed E-state index contributed by atoms with van der Waals surface area (Å²) >= 11 is 30.8. The lowest BCUT2D eigenvalue weighted by Crippen LogP contribution is -2.39. The Balaban J connectivity index is -0.000000817. The van der Waals surface area contributed by atoms with Gasteiger partial charge in [0.25, 0.3) is 0 Å². The topological polar surface area (TPSA) is 414 Å². The highest BCUT2D eigenvalue weighted by atomic mass is 32.2. The highest BCUT2D eigenvalue weighted by Crippen LogP contribution is 2.27. The number of esters is 13. The first kappa shape index (κ1) is 118. The second-order valence-electron chi connectivity index (χ2n) is 24.3. The van der Waals surface area contributed by atoms with Crippen LogP contribution in [0.4, 0.5) is 0 Å². The Morgan fingerprint density at radius 3 is 0.698 bits per heavy atom. The molecule has 0 aliphatic carbocycles. The number of carbonyl (C=O) groups is 14. The molecule has 0 aliphatic rings. The molecule has 0 radical (unpaired) electrons. The third-order valence-electron chi connectivity index (χ3n) is 14.7. The minimum Gasteiger partial charge on any atom is -0.466 e.